The quantitative estimate of drug-likeness (QED) is 0.879. The summed E-state index contributed by atoms with van der Waals surface area (Å²) in [6.45, 7) is 4.76. The number of imidazole rings is 1. The molecule has 0 fully saturated rings. The maximum atomic E-state index is 13.7. The number of aromatic nitrogens is 2. The first-order chi connectivity index (χ1) is 8.24. The number of nitrogens with zero attached hydrogens (tertiary/aromatic N) is 2. The van der Waals surface area contributed by atoms with Crippen LogP contribution in [0.3, 0.4) is 0 Å². The number of hydrogen-bond acceptors (Lipinski definition) is 2. The smallest absolute Gasteiger partial charge is 0.203 e. The molecule has 1 aromatic carbocycles. The molecule has 0 saturated carbocycles. The van der Waals surface area contributed by atoms with Gasteiger partial charge in [0, 0.05) is 24.5 Å². The van der Waals surface area contributed by atoms with E-state index in [0.29, 0.717) is 5.56 Å². The van der Waals surface area contributed by atoms with Gasteiger partial charge in [-0.05, 0) is 19.9 Å². The van der Waals surface area contributed by atoms with E-state index in [9.17, 15) is 4.39 Å². The van der Waals surface area contributed by atoms with Gasteiger partial charge in [0.2, 0.25) is 5.95 Å². The molecular formula is C13H16FN3. The van der Waals surface area contributed by atoms with E-state index in [1.807, 2.05) is 30.7 Å². The third kappa shape index (κ3) is 2.30. The molecule has 0 aliphatic heterocycles. The summed E-state index contributed by atoms with van der Waals surface area (Å²) in [5.41, 5.74) is 0.671. The lowest BCUT2D eigenvalue weighted by Crippen LogP contribution is -2.12. The van der Waals surface area contributed by atoms with E-state index >= 15 is 0 Å². The summed E-state index contributed by atoms with van der Waals surface area (Å²) in [4.78, 5) is 4.21. The molecule has 1 aromatic heterocycles. The van der Waals surface area contributed by atoms with Crippen molar-refractivity contribution in [2.75, 3.05) is 11.9 Å². The number of benzene rings is 1. The molecule has 0 aliphatic carbocycles. The Bertz CT molecular complexity index is 493. The van der Waals surface area contributed by atoms with Gasteiger partial charge in [-0.3, -0.25) is 0 Å². The van der Waals surface area contributed by atoms with Gasteiger partial charge in [-0.2, -0.15) is 0 Å². The molecule has 0 radical (unpaired) electrons. The van der Waals surface area contributed by atoms with Crippen LogP contribution >= 0.6 is 0 Å². The maximum absolute atomic E-state index is 13.7. The predicted octanol–water partition coefficient (Wildman–Crippen LogP) is 3.06. The van der Waals surface area contributed by atoms with Crippen molar-refractivity contribution < 1.29 is 4.39 Å². The molecule has 0 bridgehead atoms. The van der Waals surface area contributed by atoms with E-state index in [0.717, 1.165) is 12.5 Å². The first kappa shape index (κ1) is 11.6. The van der Waals surface area contributed by atoms with Crippen LogP contribution in [0.5, 0.6) is 0 Å². The first-order valence-corrected chi connectivity index (χ1v) is 5.75. The first-order valence-electron chi connectivity index (χ1n) is 5.75. The normalized spacial score (nSPS) is 12.4. The van der Waals surface area contributed by atoms with Crippen LogP contribution in [0.1, 0.15) is 25.5 Å². The average Bonchev–Trinajstić information content (AvgIpc) is 2.78. The molecule has 1 heterocycles. The van der Waals surface area contributed by atoms with Gasteiger partial charge in [-0.25, -0.2) is 9.37 Å². The number of halogens is 1. The number of anilines is 1. The monoisotopic (exact) mass is 233 g/mol. The molecule has 0 aliphatic rings. The van der Waals surface area contributed by atoms with E-state index in [1.54, 1.807) is 18.3 Å². The van der Waals surface area contributed by atoms with Crippen LogP contribution in [-0.4, -0.2) is 16.1 Å². The Morgan fingerprint density at radius 2 is 2.18 bits per heavy atom. The van der Waals surface area contributed by atoms with Crippen LogP contribution in [0.4, 0.5) is 10.3 Å². The summed E-state index contributed by atoms with van der Waals surface area (Å²) in [6, 6.07) is 6.75. The van der Waals surface area contributed by atoms with Gasteiger partial charge >= 0.3 is 0 Å². The minimum atomic E-state index is -0.184. The van der Waals surface area contributed by atoms with Crippen molar-refractivity contribution in [1.82, 2.24) is 9.55 Å². The Hall–Kier alpha value is -1.84. The van der Waals surface area contributed by atoms with E-state index in [4.69, 9.17) is 0 Å². The van der Waals surface area contributed by atoms with Crippen LogP contribution < -0.4 is 5.32 Å². The van der Waals surface area contributed by atoms with Crippen LogP contribution in [-0.2, 0) is 0 Å². The molecule has 17 heavy (non-hydrogen) atoms. The molecule has 90 valence electrons. The standard InChI is InChI=1S/C13H16FN3/c1-3-15-13-16-8-9-17(13)10(2)11-6-4-5-7-12(11)14/h4-10H,3H2,1-2H3,(H,15,16). The van der Waals surface area contributed by atoms with Crippen LogP contribution in [0, 0.1) is 5.82 Å². The van der Waals surface area contributed by atoms with Gasteiger partial charge in [0.05, 0.1) is 6.04 Å². The lowest BCUT2D eigenvalue weighted by Gasteiger charge is -2.17. The highest BCUT2D eigenvalue weighted by molar-refractivity contribution is 5.30. The van der Waals surface area contributed by atoms with Gasteiger partial charge in [0.25, 0.3) is 0 Å². The average molecular weight is 233 g/mol. The number of hydrogen-bond donors (Lipinski definition) is 1. The van der Waals surface area contributed by atoms with E-state index in [2.05, 4.69) is 10.3 Å². The molecule has 1 atom stereocenters. The molecular weight excluding hydrogens is 217 g/mol. The molecule has 4 heteroatoms. The lowest BCUT2D eigenvalue weighted by atomic mass is 10.1. The highest BCUT2D eigenvalue weighted by atomic mass is 19.1. The Balaban J connectivity index is 2.34. The van der Waals surface area contributed by atoms with Crippen LogP contribution in [0.15, 0.2) is 36.7 Å². The van der Waals surface area contributed by atoms with Crippen LogP contribution in [0.25, 0.3) is 0 Å². The third-order valence-electron chi connectivity index (χ3n) is 2.78. The van der Waals surface area contributed by atoms with Gasteiger partial charge in [0.15, 0.2) is 0 Å². The maximum Gasteiger partial charge on any atom is 0.203 e. The lowest BCUT2D eigenvalue weighted by molar-refractivity contribution is 0.559. The van der Waals surface area contributed by atoms with Gasteiger partial charge in [-0.1, -0.05) is 18.2 Å². The van der Waals surface area contributed by atoms with Gasteiger partial charge in [-0.15, -0.1) is 0 Å². The summed E-state index contributed by atoms with van der Waals surface area (Å²) >= 11 is 0. The summed E-state index contributed by atoms with van der Waals surface area (Å²) < 4.78 is 15.6. The minimum Gasteiger partial charge on any atom is -0.356 e. The van der Waals surface area contributed by atoms with Crippen molar-refractivity contribution >= 4 is 5.95 Å². The molecule has 0 amide bonds. The van der Waals surface area contributed by atoms with Crippen molar-refractivity contribution in [3.8, 4) is 0 Å². The molecule has 1 unspecified atom stereocenters. The van der Waals surface area contributed by atoms with E-state index < -0.39 is 0 Å². The number of nitrogens with one attached hydrogen (secondary N) is 1. The fraction of sp³-hybridized carbons (Fsp3) is 0.308. The molecule has 2 aromatic rings. The van der Waals surface area contributed by atoms with Crippen molar-refractivity contribution in [2.45, 2.75) is 19.9 Å². The zero-order valence-corrected chi connectivity index (χ0v) is 10.0. The molecule has 0 spiro atoms. The Morgan fingerprint density at radius 1 is 1.41 bits per heavy atom. The van der Waals surface area contributed by atoms with Crippen LogP contribution in [0.2, 0.25) is 0 Å². The highest BCUT2D eigenvalue weighted by Gasteiger charge is 2.14. The van der Waals surface area contributed by atoms with Crippen molar-refractivity contribution in [3.05, 3.63) is 48.0 Å². The molecule has 0 saturated heterocycles. The largest absolute Gasteiger partial charge is 0.356 e. The highest BCUT2D eigenvalue weighted by Crippen LogP contribution is 2.23. The minimum absolute atomic E-state index is 0.0762. The summed E-state index contributed by atoms with van der Waals surface area (Å²) in [5, 5.41) is 3.16. The Kier molecular flexibility index (Phi) is 3.42. The molecule has 3 nitrogen and oxygen atoms in total. The third-order valence-corrected chi connectivity index (χ3v) is 2.78. The van der Waals surface area contributed by atoms with Gasteiger partial charge < -0.3 is 9.88 Å². The second-order valence-electron chi connectivity index (χ2n) is 3.89. The van der Waals surface area contributed by atoms with Crippen molar-refractivity contribution in [1.29, 1.82) is 0 Å². The zero-order chi connectivity index (χ0) is 12.3. The second kappa shape index (κ2) is 4.99. The summed E-state index contributed by atoms with van der Waals surface area (Å²) in [5.74, 6) is 0.583. The number of rotatable bonds is 4. The zero-order valence-electron chi connectivity index (χ0n) is 10.0. The van der Waals surface area contributed by atoms with E-state index in [1.165, 1.54) is 6.07 Å². The fourth-order valence-electron chi connectivity index (χ4n) is 1.88. The Labute approximate surface area is 100 Å². The summed E-state index contributed by atoms with van der Waals surface area (Å²) in [6.07, 6.45) is 3.57. The van der Waals surface area contributed by atoms with Crippen molar-refractivity contribution in [2.24, 2.45) is 0 Å². The SMILES string of the molecule is CCNc1nccn1C(C)c1ccccc1F. The topological polar surface area (TPSA) is 29.9 Å². The van der Waals surface area contributed by atoms with E-state index in [-0.39, 0.29) is 11.9 Å². The Morgan fingerprint density at radius 3 is 2.88 bits per heavy atom. The van der Waals surface area contributed by atoms with Crippen molar-refractivity contribution in [3.63, 3.8) is 0 Å². The van der Waals surface area contributed by atoms with Gasteiger partial charge in [0.1, 0.15) is 5.82 Å². The summed E-state index contributed by atoms with van der Waals surface area (Å²) in [7, 11) is 0. The predicted molar refractivity (Wildman–Crippen MR) is 66.6 cm³/mol. The fourth-order valence-corrected chi connectivity index (χ4v) is 1.88. The second-order valence-corrected chi connectivity index (χ2v) is 3.89. The molecule has 2 rings (SSSR count). The molecule has 1 N–H and O–H groups in total.